The van der Waals surface area contributed by atoms with Gasteiger partial charge in [0.1, 0.15) is 39.7 Å². The van der Waals surface area contributed by atoms with Crippen molar-refractivity contribution in [3.05, 3.63) is 80.9 Å². The number of carbonyl (C=O) groups is 1. The topological polar surface area (TPSA) is 119 Å². The van der Waals surface area contributed by atoms with Crippen molar-refractivity contribution in [2.24, 2.45) is 0 Å². The van der Waals surface area contributed by atoms with Crippen LogP contribution in [-0.4, -0.2) is 20.7 Å². The highest BCUT2D eigenvalue weighted by atomic mass is 35.5. The number of nitriles is 1. The molecule has 0 unspecified atom stereocenters. The summed E-state index contributed by atoms with van der Waals surface area (Å²) in [6.45, 7) is 2.04. The molecule has 0 atom stereocenters. The molecule has 10 heteroatoms. The number of anilines is 2. The third-order valence-corrected chi connectivity index (χ3v) is 5.90. The first-order valence-electron chi connectivity index (χ1n) is 9.44. The number of rotatable bonds is 6. The maximum absolute atomic E-state index is 12.7. The number of aryl methyl sites for hydroxylation is 1. The Labute approximate surface area is 192 Å². The summed E-state index contributed by atoms with van der Waals surface area (Å²) in [5.41, 5.74) is 8.14. The number of nitrogens with two attached hydrogens (primary N) is 1. The molecule has 8 nitrogen and oxygen atoms in total. The van der Waals surface area contributed by atoms with E-state index in [-0.39, 0.29) is 18.3 Å². The van der Waals surface area contributed by atoms with E-state index in [9.17, 15) is 4.79 Å². The Hall–Kier alpha value is -3.87. The fraction of sp³-hybridized carbons (Fsp3) is 0.0909. The van der Waals surface area contributed by atoms with Crippen LogP contribution in [0.5, 0.6) is 5.75 Å². The maximum atomic E-state index is 12.7. The molecule has 0 aliphatic heterocycles. The van der Waals surface area contributed by atoms with Crippen molar-refractivity contribution in [3.63, 3.8) is 0 Å². The van der Waals surface area contributed by atoms with Crippen LogP contribution in [0.2, 0.25) is 5.02 Å². The van der Waals surface area contributed by atoms with Gasteiger partial charge in [-0.25, -0.2) is 9.67 Å². The normalized spacial score (nSPS) is 10.5. The molecule has 3 N–H and O–H groups in total. The summed E-state index contributed by atoms with van der Waals surface area (Å²) in [7, 11) is 0. The summed E-state index contributed by atoms with van der Waals surface area (Å²) in [5, 5.41) is 17.3. The van der Waals surface area contributed by atoms with Crippen molar-refractivity contribution in [2.45, 2.75) is 13.5 Å². The Morgan fingerprint density at radius 3 is 2.62 bits per heavy atom. The minimum atomic E-state index is -0.254. The van der Waals surface area contributed by atoms with E-state index >= 15 is 0 Å². The van der Waals surface area contributed by atoms with E-state index in [0.29, 0.717) is 43.3 Å². The van der Waals surface area contributed by atoms with Crippen molar-refractivity contribution in [1.29, 1.82) is 5.26 Å². The second-order valence-corrected chi connectivity index (χ2v) is 8.25. The molecule has 2 aromatic carbocycles. The molecule has 0 radical (unpaired) electrons. The molecule has 0 spiro atoms. The van der Waals surface area contributed by atoms with Crippen LogP contribution in [0.15, 0.2) is 54.7 Å². The molecule has 0 fully saturated rings. The molecule has 2 heterocycles. The van der Waals surface area contributed by atoms with Crippen LogP contribution < -0.4 is 15.8 Å². The number of nitrogens with zero attached hydrogens (tertiary/aromatic N) is 4. The molecular weight excluding hydrogens is 448 g/mol. The van der Waals surface area contributed by atoms with Gasteiger partial charge in [0.25, 0.3) is 5.91 Å². The van der Waals surface area contributed by atoms with Gasteiger partial charge in [0.2, 0.25) is 0 Å². The summed E-state index contributed by atoms with van der Waals surface area (Å²) in [4.78, 5) is 17.7. The number of nitrogen functional groups attached to an aromatic ring is 1. The highest BCUT2D eigenvalue weighted by molar-refractivity contribution is 7.13. The molecule has 1 amide bonds. The first kappa shape index (κ1) is 21.4. The number of hydrogen-bond acceptors (Lipinski definition) is 7. The van der Waals surface area contributed by atoms with Crippen LogP contribution in [0.1, 0.15) is 25.9 Å². The Balaban J connectivity index is 1.42. The van der Waals surface area contributed by atoms with Crippen LogP contribution in [0.4, 0.5) is 11.5 Å². The molecule has 4 rings (SSSR count). The lowest BCUT2D eigenvalue weighted by Crippen LogP contribution is -2.11. The van der Waals surface area contributed by atoms with Crippen LogP contribution >= 0.6 is 22.9 Å². The number of hydrogen-bond donors (Lipinski definition) is 2. The predicted octanol–water partition coefficient (Wildman–Crippen LogP) is 4.58. The van der Waals surface area contributed by atoms with Crippen molar-refractivity contribution in [3.8, 4) is 17.5 Å². The molecule has 0 saturated heterocycles. The molecule has 160 valence electrons. The third-order valence-electron chi connectivity index (χ3n) is 4.52. The quantitative estimate of drug-likeness (QED) is 0.431. The zero-order valence-corrected chi connectivity index (χ0v) is 18.4. The van der Waals surface area contributed by atoms with Gasteiger partial charge in [0.15, 0.2) is 0 Å². The lowest BCUT2D eigenvalue weighted by atomic mass is 10.2. The minimum absolute atomic E-state index is 0.254. The Morgan fingerprint density at radius 1 is 1.25 bits per heavy atom. The molecule has 0 aliphatic rings. The summed E-state index contributed by atoms with van der Waals surface area (Å²) in [5.74, 6) is 0.682. The largest absolute Gasteiger partial charge is 0.486 e. The fourth-order valence-electron chi connectivity index (χ4n) is 2.92. The smallest absolute Gasteiger partial charge is 0.267 e. The van der Waals surface area contributed by atoms with Gasteiger partial charge in [-0.15, -0.1) is 11.3 Å². The van der Waals surface area contributed by atoms with Crippen molar-refractivity contribution < 1.29 is 9.53 Å². The number of amides is 1. The molecule has 0 bridgehead atoms. The van der Waals surface area contributed by atoms with Crippen LogP contribution in [0, 0.1) is 18.3 Å². The second-order valence-electron chi connectivity index (χ2n) is 6.73. The average molecular weight is 465 g/mol. The standard InChI is InChI=1S/C22H17ClN6O2S/c1-13-20(32-19(27-13)12-31-18-8-2-15(23)3-9-18)22(30)28-16-4-6-17(7-5-16)29-21(25)14(10-24)11-26-29/h2-9,11H,12,25H2,1H3,(H,28,30). The number of ether oxygens (including phenoxy) is 1. The minimum Gasteiger partial charge on any atom is -0.486 e. The van der Waals surface area contributed by atoms with Gasteiger partial charge in [0, 0.05) is 10.7 Å². The van der Waals surface area contributed by atoms with Crippen LogP contribution in [0.25, 0.3) is 5.69 Å². The molecule has 0 saturated carbocycles. The average Bonchev–Trinajstić information content (AvgIpc) is 3.36. The van der Waals surface area contributed by atoms with Crippen molar-refractivity contribution >= 4 is 40.4 Å². The molecule has 32 heavy (non-hydrogen) atoms. The number of carbonyl (C=O) groups excluding carboxylic acids is 1. The Morgan fingerprint density at radius 2 is 1.97 bits per heavy atom. The number of halogens is 1. The maximum Gasteiger partial charge on any atom is 0.267 e. The highest BCUT2D eigenvalue weighted by Gasteiger charge is 2.16. The number of thiazole rings is 1. The fourth-order valence-corrected chi connectivity index (χ4v) is 3.92. The first-order chi connectivity index (χ1) is 15.4. The van der Waals surface area contributed by atoms with E-state index in [4.69, 9.17) is 27.3 Å². The summed E-state index contributed by atoms with van der Waals surface area (Å²) < 4.78 is 7.17. The second kappa shape index (κ2) is 9.09. The van der Waals surface area contributed by atoms with Gasteiger partial charge in [-0.2, -0.15) is 10.4 Å². The monoisotopic (exact) mass is 464 g/mol. The van der Waals surface area contributed by atoms with Gasteiger partial charge < -0.3 is 15.8 Å². The zero-order chi connectivity index (χ0) is 22.7. The summed E-state index contributed by atoms with van der Waals surface area (Å²) in [6.07, 6.45) is 1.41. The summed E-state index contributed by atoms with van der Waals surface area (Å²) >= 11 is 7.16. The first-order valence-corrected chi connectivity index (χ1v) is 10.6. The van der Waals surface area contributed by atoms with E-state index in [0.717, 1.165) is 0 Å². The van der Waals surface area contributed by atoms with E-state index < -0.39 is 0 Å². The van der Waals surface area contributed by atoms with Gasteiger partial charge >= 0.3 is 0 Å². The van der Waals surface area contributed by atoms with E-state index in [2.05, 4.69) is 15.4 Å². The van der Waals surface area contributed by atoms with Gasteiger partial charge in [0.05, 0.1) is 17.6 Å². The molecule has 4 aromatic rings. The number of nitrogens with one attached hydrogen (secondary N) is 1. The zero-order valence-electron chi connectivity index (χ0n) is 16.9. The van der Waals surface area contributed by atoms with E-state index in [1.807, 2.05) is 6.07 Å². The third kappa shape index (κ3) is 4.56. The van der Waals surface area contributed by atoms with Crippen LogP contribution in [0.3, 0.4) is 0 Å². The lowest BCUT2D eigenvalue weighted by molar-refractivity contribution is 0.103. The summed E-state index contributed by atoms with van der Waals surface area (Å²) in [6, 6.07) is 16.0. The van der Waals surface area contributed by atoms with E-state index in [1.54, 1.807) is 55.5 Å². The SMILES string of the molecule is Cc1nc(COc2ccc(Cl)cc2)sc1C(=O)Nc1ccc(-n2ncc(C#N)c2N)cc1. The molecule has 0 aliphatic carbocycles. The van der Waals surface area contributed by atoms with E-state index in [1.165, 1.54) is 22.2 Å². The van der Waals surface area contributed by atoms with Gasteiger partial charge in [-0.3, -0.25) is 4.79 Å². The van der Waals surface area contributed by atoms with Crippen LogP contribution in [-0.2, 0) is 6.61 Å². The van der Waals surface area contributed by atoms with Gasteiger partial charge in [-0.1, -0.05) is 11.6 Å². The molecular formula is C22H17ClN6O2S. The lowest BCUT2D eigenvalue weighted by Gasteiger charge is -2.07. The number of aromatic nitrogens is 3. The number of benzene rings is 2. The Bertz CT molecular complexity index is 1310. The Kier molecular flexibility index (Phi) is 6.07. The predicted molar refractivity (Wildman–Crippen MR) is 123 cm³/mol. The molecule has 2 aromatic heterocycles. The van der Waals surface area contributed by atoms with Crippen molar-refractivity contribution in [2.75, 3.05) is 11.1 Å². The highest BCUT2D eigenvalue weighted by Crippen LogP contribution is 2.23. The van der Waals surface area contributed by atoms with Gasteiger partial charge in [-0.05, 0) is 55.5 Å². The van der Waals surface area contributed by atoms with Crippen molar-refractivity contribution in [1.82, 2.24) is 14.8 Å².